The molecule has 2 aromatic carbocycles. The summed E-state index contributed by atoms with van der Waals surface area (Å²) in [5.74, 6) is -0.128. The first-order valence-electron chi connectivity index (χ1n) is 5.49. The number of ketones is 1. The first kappa shape index (κ1) is 12.0. The van der Waals surface area contributed by atoms with Gasteiger partial charge in [-0.15, -0.1) is 0 Å². The van der Waals surface area contributed by atoms with E-state index >= 15 is 0 Å². The third-order valence-corrected chi connectivity index (χ3v) is 2.65. The van der Waals surface area contributed by atoms with Crippen molar-refractivity contribution < 1.29 is 9.90 Å². The second kappa shape index (κ2) is 5.26. The first-order valence-corrected chi connectivity index (χ1v) is 5.49. The Balaban J connectivity index is 2.32. The number of hydrogen-bond acceptors (Lipinski definition) is 3. The number of nitrogens with zero attached hydrogens (tertiary/aromatic N) is 1. The van der Waals surface area contributed by atoms with Crippen LogP contribution in [0.15, 0.2) is 48.5 Å². The Bertz CT molecular complexity index is 609. The van der Waals surface area contributed by atoms with E-state index in [1.165, 1.54) is 0 Å². The molecule has 0 heterocycles. The highest BCUT2D eigenvalue weighted by molar-refractivity contribution is 6.09. The molecule has 0 saturated heterocycles. The van der Waals surface area contributed by atoms with E-state index < -0.39 is 0 Å². The van der Waals surface area contributed by atoms with Crippen LogP contribution in [0.3, 0.4) is 0 Å². The Morgan fingerprint density at radius 3 is 2.44 bits per heavy atom. The van der Waals surface area contributed by atoms with E-state index in [-0.39, 0.29) is 12.4 Å². The maximum Gasteiger partial charge on any atom is 0.193 e. The number of aliphatic hydroxyl groups excluding tert-OH is 1. The smallest absolute Gasteiger partial charge is 0.193 e. The standard InChI is InChI=1S/C15H11NO2/c16-9-12-2-1-3-14(8-12)15(18)13-6-4-11(10-17)5-7-13/h1-8,17H,10H2. The summed E-state index contributed by atoms with van der Waals surface area (Å²) in [7, 11) is 0. The van der Waals surface area contributed by atoms with Crippen LogP contribution in [0.2, 0.25) is 0 Å². The van der Waals surface area contributed by atoms with Crippen molar-refractivity contribution in [2.75, 3.05) is 0 Å². The van der Waals surface area contributed by atoms with Crippen LogP contribution in [0.5, 0.6) is 0 Å². The van der Waals surface area contributed by atoms with E-state index in [1.807, 2.05) is 6.07 Å². The molecule has 0 spiro atoms. The lowest BCUT2D eigenvalue weighted by Crippen LogP contribution is -2.01. The van der Waals surface area contributed by atoms with Crippen molar-refractivity contribution in [1.29, 1.82) is 5.26 Å². The molecule has 0 radical (unpaired) electrons. The SMILES string of the molecule is N#Cc1cccc(C(=O)c2ccc(CO)cc2)c1. The Hall–Kier alpha value is -2.44. The fourth-order valence-electron chi connectivity index (χ4n) is 1.66. The van der Waals surface area contributed by atoms with Gasteiger partial charge in [0.25, 0.3) is 0 Å². The maximum atomic E-state index is 12.1. The van der Waals surface area contributed by atoms with Gasteiger partial charge in [-0.25, -0.2) is 0 Å². The zero-order chi connectivity index (χ0) is 13.0. The third kappa shape index (κ3) is 2.45. The molecule has 0 aliphatic rings. The number of benzene rings is 2. The molecule has 0 atom stereocenters. The minimum Gasteiger partial charge on any atom is -0.392 e. The molecule has 2 aromatic rings. The predicted molar refractivity (Wildman–Crippen MR) is 67.0 cm³/mol. The molecule has 0 aromatic heterocycles. The number of carbonyl (C=O) groups is 1. The number of nitriles is 1. The highest BCUT2D eigenvalue weighted by Crippen LogP contribution is 2.12. The Labute approximate surface area is 105 Å². The highest BCUT2D eigenvalue weighted by atomic mass is 16.3. The number of hydrogen-bond donors (Lipinski definition) is 1. The van der Waals surface area contributed by atoms with Crippen molar-refractivity contribution in [2.45, 2.75) is 6.61 Å². The van der Waals surface area contributed by atoms with Crippen molar-refractivity contribution in [1.82, 2.24) is 0 Å². The van der Waals surface area contributed by atoms with Crippen molar-refractivity contribution in [2.24, 2.45) is 0 Å². The second-order valence-electron chi connectivity index (χ2n) is 3.88. The van der Waals surface area contributed by atoms with Crippen LogP contribution >= 0.6 is 0 Å². The van der Waals surface area contributed by atoms with E-state index in [4.69, 9.17) is 10.4 Å². The summed E-state index contributed by atoms with van der Waals surface area (Å²) in [6, 6.07) is 15.4. The molecule has 1 N–H and O–H groups in total. The molecular weight excluding hydrogens is 226 g/mol. The average molecular weight is 237 g/mol. The molecule has 88 valence electrons. The topological polar surface area (TPSA) is 61.1 Å². The molecule has 0 aliphatic carbocycles. The number of rotatable bonds is 3. The fourth-order valence-corrected chi connectivity index (χ4v) is 1.66. The maximum absolute atomic E-state index is 12.1. The van der Waals surface area contributed by atoms with Crippen LogP contribution in [0.1, 0.15) is 27.0 Å². The van der Waals surface area contributed by atoms with Crippen molar-refractivity contribution in [3.05, 3.63) is 70.8 Å². The fraction of sp³-hybridized carbons (Fsp3) is 0.0667. The van der Waals surface area contributed by atoms with Gasteiger partial charge in [0.2, 0.25) is 0 Å². The number of aliphatic hydroxyl groups is 1. The average Bonchev–Trinajstić information content (AvgIpc) is 2.46. The van der Waals surface area contributed by atoms with E-state index in [2.05, 4.69) is 0 Å². The number of carbonyl (C=O) groups excluding carboxylic acids is 1. The lowest BCUT2D eigenvalue weighted by Gasteiger charge is -2.02. The normalized spacial score (nSPS) is 9.78. The van der Waals surface area contributed by atoms with Crippen LogP contribution in [0.4, 0.5) is 0 Å². The van der Waals surface area contributed by atoms with Crippen LogP contribution in [0.25, 0.3) is 0 Å². The molecular formula is C15H11NO2. The van der Waals surface area contributed by atoms with Gasteiger partial charge in [0, 0.05) is 11.1 Å². The largest absolute Gasteiger partial charge is 0.392 e. The Morgan fingerprint density at radius 1 is 1.11 bits per heavy atom. The van der Waals surface area contributed by atoms with Gasteiger partial charge in [-0.2, -0.15) is 5.26 Å². The summed E-state index contributed by atoms with van der Waals surface area (Å²) in [5, 5.41) is 17.7. The first-order chi connectivity index (χ1) is 8.74. The van der Waals surface area contributed by atoms with Gasteiger partial charge >= 0.3 is 0 Å². The summed E-state index contributed by atoms with van der Waals surface area (Å²) in [6.45, 7) is -0.0433. The molecule has 2 rings (SSSR count). The summed E-state index contributed by atoms with van der Waals surface area (Å²) in [4.78, 5) is 12.1. The van der Waals surface area contributed by atoms with Crippen LogP contribution in [-0.4, -0.2) is 10.9 Å². The Kier molecular flexibility index (Phi) is 3.52. The minimum atomic E-state index is -0.128. The van der Waals surface area contributed by atoms with Crippen molar-refractivity contribution in [3.8, 4) is 6.07 Å². The molecule has 0 amide bonds. The highest BCUT2D eigenvalue weighted by Gasteiger charge is 2.09. The molecule has 3 heteroatoms. The predicted octanol–water partition coefficient (Wildman–Crippen LogP) is 2.28. The lowest BCUT2D eigenvalue weighted by atomic mass is 10.0. The summed E-state index contributed by atoms with van der Waals surface area (Å²) in [6.07, 6.45) is 0. The van der Waals surface area contributed by atoms with Crippen molar-refractivity contribution >= 4 is 5.78 Å². The molecule has 3 nitrogen and oxygen atoms in total. The van der Waals surface area contributed by atoms with Crippen LogP contribution in [-0.2, 0) is 6.61 Å². The van der Waals surface area contributed by atoms with Gasteiger partial charge in [0.15, 0.2) is 5.78 Å². The van der Waals surface area contributed by atoms with Gasteiger partial charge in [0.1, 0.15) is 0 Å². The molecule has 18 heavy (non-hydrogen) atoms. The molecule has 0 saturated carbocycles. The zero-order valence-corrected chi connectivity index (χ0v) is 9.63. The van der Waals surface area contributed by atoms with Gasteiger partial charge in [0.05, 0.1) is 18.2 Å². The van der Waals surface area contributed by atoms with Crippen molar-refractivity contribution in [3.63, 3.8) is 0 Å². The molecule has 0 aliphatic heterocycles. The monoisotopic (exact) mass is 237 g/mol. The van der Waals surface area contributed by atoms with Gasteiger partial charge < -0.3 is 5.11 Å². The van der Waals surface area contributed by atoms with Gasteiger partial charge in [-0.05, 0) is 17.7 Å². The summed E-state index contributed by atoms with van der Waals surface area (Å²) < 4.78 is 0. The van der Waals surface area contributed by atoms with E-state index in [1.54, 1.807) is 48.5 Å². The van der Waals surface area contributed by atoms with E-state index in [9.17, 15) is 4.79 Å². The zero-order valence-electron chi connectivity index (χ0n) is 9.63. The lowest BCUT2D eigenvalue weighted by molar-refractivity contribution is 0.103. The molecule has 0 unspecified atom stereocenters. The molecule has 0 bridgehead atoms. The summed E-state index contributed by atoms with van der Waals surface area (Å²) in [5.41, 5.74) is 2.26. The Morgan fingerprint density at radius 2 is 1.83 bits per heavy atom. The second-order valence-corrected chi connectivity index (χ2v) is 3.88. The van der Waals surface area contributed by atoms with Crippen LogP contribution < -0.4 is 0 Å². The minimum absolute atomic E-state index is 0.0433. The van der Waals surface area contributed by atoms with Crippen LogP contribution in [0, 0.1) is 11.3 Å². The van der Waals surface area contributed by atoms with E-state index in [0.717, 1.165) is 5.56 Å². The summed E-state index contributed by atoms with van der Waals surface area (Å²) >= 11 is 0. The molecule has 0 fully saturated rings. The quantitative estimate of drug-likeness (QED) is 0.833. The van der Waals surface area contributed by atoms with Gasteiger partial charge in [-0.3, -0.25) is 4.79 Å². The third-order valence-electron chi connectivity index (χ3n) is 2.65. The van der Waals surface area contributed by atoms with Gasteiger partial charge in [-0.1, -0.05) is 36.4 Å². The van der Waals surface area contributed by atoms with E-state index in [0.29, 0.717) is 16.7 Å².